The largest absolute Gasteiger partial charge is 0.440 e. The van der Waals surface area contributed by atoms with E-state index in [0.717, 1.165) is 12.1 Å². The van der Waals surface area contributed by atoms with Gasteiger partial charge in [0.25, 0.3) is 5.91 Å². The summed E-state index contributed by atoms with van der Waals surface area (Å²) in [6.07, 6.45) is 2.41. The summed E-state index contributed by atoms with van der Waals surface area (Å²) in [4.78, 5) is 36.8. The summed E-state index contributed by atoms with van der Waals surface area (Å²) in [5.41, 5.74) is 0.872. The van der Waals surface area contributed by atoms with Gasteiger partial charge in [-0.25, -0.2) is 9.97 Å². The smallest absolute Gasteiger partial charge is 0.289 e. The molecule has 0 atom stereocenters. The number of halogens is 1. The van der Waals surface area contributed by atoms with Crippen molar-refractivity contribution in [2.75, 3.05) is 31.9 Å². The molecule has 3 heterocycles. The van der Waals surface area contributed by atoms with E-state index in [1.165, 1.54) is 11.8 Å². The normalized spacial score (nSPS) is 15.0. The van der Waals surface area contributed by atoms with Crippen LogP contribution in [-0.2, 0) is 4.79 Å². The molecule has 0 spiro atoms. The van der Waals surface area contributed by atoms with Gasteiger partial charge in [-0.05, 0) is 43.1 Å². The summed E-state index contributed by atoms with van der Waals surface area (Å²) >= 11 is 7.06. The lowest BCUT2D eigenvalue weighted by molar-refractivity contribution is -0.128. The Hall–Kier alpha value is -2.06. The van der Waals surface area contributed by atoms with Crippen molar-refractivity contribution in [2.24, 2.45) is 0 Å². The van der Waals surface area contributed by atoms with Crippen LogP contribution in [0.5, 0.6) is 0 Å². The molecule has 7 nitrogen and oxygen atoms in total. The third kappa shape index (κ3) is 4.76. The monoisotopic (exact) mass is 394 g/mol. The highest BCUT2D eigenvalue weighted by molar-refractivity contribution is 7.99. The standard InChI is InChI=1S/C17H19ClN4O3S/c1-12-5-6-19-17(20-12)26-11-15(23)21-7-2-8-22(10-9-21)16(24)13-3-4-14(18)25-13/h3-6H,2,7-11H2,1H3. The zero-order chi connectivity index (χ0) is 18.5. The van der Waals surface area contributed by atoms with Gasteiger partial charge in [0.15, 0.2) is 16.1 Å². The fourth-order valence-corrected chi connectivity index (χ4v) is 3.59. The third-order valence-corrected chi connectivity index (χ3v) is 5.07. The SMILES string of the molecule is Cc1ccnc(SCC(=O)N2CCCN(C(=O)c3ccc(Cl)o3)CC2)n1. The van der Waals surface area contributed by atoms with Gasteiger partial charge in [-0.2, -0.15) is 0 Å². The van der Waals surface area contributed by atoms with Gasteiger partial charge in [0.05, 0.1) is 5.75 Å². The Kier molecular flexibility index (Phi) is 6.16. The van der Waals surface area contributed by atoms with Crippen molar-refractivity contribution in [3.8, 4) is 0 Å². The molecule has 0 saturated carbocycles. The van der Waals surface area contributed by atoms with E-state index in [-0.39, 0.29) is 28.5 Å². The van der Waals surface area contributed by atoms with Gasteiger partial charge < -0.3 is 14.2 Å². The van der Waals surface area contributed by atoms with Crippen molar-refractivity contribution in [3.05, 3.63) is 41.1 Å². The number of carbonyl (C=O) groups is 2. The van der Waals surface area contributed by atoms with Gasteiger partial charge in [0.2, 0.25) is 5.91 Å². The number of rotatable bonds is 4. The van der Waals surface area contributed by atoms with Crippen LogP contribution in [0, 0.1) is 6.92 Å². The maximum atomic E-state index is 12.5. The van der Waals surface area contributed by atoms with E-state index >= 15 is 0 Å². The molecule has 9 heteroatoms. The Morgan fingerprint density at radius 3 is 2.69 bits per heavy atom. The lowest BCUT2D eigenvalue weighted by Crippen LogP contribution is -2.38. The molecule has 0 bridgehead atoms. The number of aryl methyl sites for hydroxylation is 1. The molecular weight excluding hydrogens is 376 g/mol. The van der Waals surface area contributed by atoms with Gasteiger partial charge in [0, 0.05) is 38.1 Å². The maximum absolute atomic E-state index is 12.5. The van der Waals surface area contributed by atoms with E-state index in [0.29, 0.717) is 31.3 Å². The van der Waals surface area contributed by atoms with Gasteiger partial charge in [-0.15, -0.1) is 0 Å². The molecule has 26 heavy (non-hydrogen) atoms. The van der Waals surface area contributed by atoms with E-state index in [1.54, 1.807) is 28.1 Å². The van der Waals surface area contributed by atoms with E-state index in [9.17, 15) is 9.59 Å². The molecule has 1 aliphatic heterocycles. The summed E-state index contributed by atoms with van der Waals surface area (Å²) in [5, 5.41) is 0.787. The van der Waals surface area contributed by atoms with E-state index in [2.05, 4.69) is 9.97 Å². The van der Waals surface area contributed by atoms with Crippen LogP contribution in [-0.4, -0.2) is 63.5 Å². The zero-order valence-corrected chi connectivity index (χ0v) is 15.9. The second-order valence-electron chi connectivity index (χ2n) is 5.90. The average Bonchev–Trinajstić information content (AvgIpc) is 2.91. The Morgan fingerprint density at radius 2 is 1.96 bits per heavy atom. The van der Waals surface area contributed by atoms with Gasteiger partial charge in [-0.3, -0.25) is 9.59 Å². The summed E-state index contributed by atoms with van der Waals surface area (Å²) in [6, 6.07) is 4.93. The molecule has 2 aromatic heterocycles. The fraction of sp³-hybridized carbons (Fsp3) is 0.412. The molecule has 0 aromatic carbocycles. The number of thioether (sulfide) groups is 1. The highest BCUT2D eigenvalue weighted by Gasteiger charge is 2.24. The average molecular weight is 395 g/mol. The molecular formula is C17H19ClN4O3S. The number of hydrogen-bond donors (Lipinski definition) is 0. The molecule has 138 valence electrons. The molecule has 0 N–H and O–H groups in total. The highest BCUT2D eigenvalue weighted by Crippen LogP contribution is 2.17. The maximum Gasteiger partial charge on any atom is 0.289 e. The molecule has 0 aliphatic carbocycles. The van der Waals surface area contributed by atoms with Crippen molar-refractivity contribution in [1.82, 2.24) is 19.8 Å². The fourth-order valence-electron chi connectivity index (χ4n) is 2.67. The van der Waals surface area contributed by atoms with E-state index in [4.69, 9.17) is 16.0 Å². The predicted molar refractivity (Wildman–Crippen MR) is 98.3 cm³/mol. The van der Waals surface area contributed by atoms with Gasteiger partial charge in [0.1, 0.15) is 0 Å². The van der Waals surface area contributed by atoms with Gasteiger partial charge in [-0.1, -0.05) is 11.8 Å². The minimum Gasteiger partial charge on any atom is -0.440 e. The number of furan rings is 1. The second kappa shape index (κ2) is 8.55. The Morgan fingerprint density at radius 1 is 1.19 bits per heavy atom. The number of amides is 2. The summed E-state index contributed by atoms with van der Waals surface area (Å²) in [7, 11) is 0. The summed E-state index contributed by atoms with van der Waals surface area (Å²) in [6.45, 7) is 4.05. The van der Waals surface area contributed by atoms with Crippen LogP contribution < -0.4 is 0 Å². The number of carbonyl (C=O) groups excluding carboxylic acids is 2. The van der Waals surface area contributed by atoms with Crippen molar-refractivity contribution in [3.63, 3.8) is 0 Å². The molecule has 1 fully saturated rings. The third-order valence-electron chi connectivity index (χ3n) is 4.02. The first-order chi connectivity index (χ1) is 12.5. The first-order valence-corrected chi connectivity index (χ1v) is 9.64. The Bertz CT molecular complexity index is 798. The number of nitrogens with zero attached hydrogens (tertiary/aromatic N) is 4. The summed E-state index contributed by atoms with van der Waals surface area (Å²) in [5.74, 6) is 0.330. The molecule has 2 aromatic rings. The highest BCUT2D eigenvalue weighted by atomic mass is 35.5. The van der Waals surface area contributed by atoms with E-state index < -0.39 is 0 Å². The topological polar surface area (TPSA) is 79.5 Å². The van der Waals surface area contributed by atoms with Crippen LogP contribution in [0.4, 0.5) is 0 Å². The molecule has 2 amide bonds. The van der Waals surface area contributed by atoms with Crippen molar-refractivity contribution in [1.29, 1.82) is 0 Å². The molecule has 1 saturated heterocycles. The van der Waals surface area contributed by atoms with Crippen molar-refractivity contribution in [2.45, 2.75) is 18.5 Å². The quantitative estimate of drug-likeness (QED) is 0.585. The van der Waals surface area contributed by atoms with Gasteiger partial charge >= 0.3 is 0 Å². The molecule has 1 aliphatic rings. The first-order valence-electron chi connectivity index (χ1n) is 8.28. The number of hydrogen-bond acceptors (Lipinski definition) is 6. The van der Waals surface area contributed by atoms with Crippen molar-refractivity contribution < 1.29 is 14.0 Å². The number of aromatic nitrogens is 2. The lowest BCUT2D eigenvalue weighted by atomic mass is 10.3. The van der Waals surface area contributed by atoms with Crippen LogP contribution in [0.1, 0.15) is 22.7 Å². The van der Waals surface area contributed by atoms with Crippen molar-refractivity contribution >= 4 is 35.2 Å². The minimum atomic E-state index is -0.200. The summed E-state index contributed by atoms with van der Waals surface area (Å²) < 4.78 is 5.19. The van der Waals surface area contributed by atoms with Crippen LogP contribution in [0.15, 0.2) is 34.0 Å². The Balaban J connectivity index is 1.52. The molecule has 0 radical (unpaired) electrons. The lowest BCUT2D eigenvalue weighted by Gasteiger charge is -2.21. The molecule has 3 rings (SSSR count). The van der Waals surface area contributed by atoms with Crippen LogP contribution in [0.3, 0.4) is 0 Å². The zero-order valence-electron chi connectivity index (χ0n) is 14.4. The minimum absolute atomic E-state index is 0.0236. The second-order valence-corrected chi connectivity index (χ2v) is 7.21. The van der Waals surface area contributed by atoms with E-state index in [1.807, 2.05) is 13.0 Å². The Labute approximate surface area is 160 Å². The van der Waals surface area contributed by atoms with Crippen LogP contribution in [0.25, 0.3) is 0 Å². The van der Waals surface area contributed by atoms with Crippen LogP contribution in [0.2, 0.25) is 5.22 Å². The molecule has 0 unspecified atom stereocenters. The predicted octanol–water partition coefficient (Wildman–Crippen LogP) is 2.50. The van der Waals surface area contributed by atoms with Crippen LogP contribution >= 0.6 is 23.4 Å². The first kappa shape index (κ1) is 18.7.